The lowest BCUT2D eigenvalue weighted by atomic mass is 9.81. The highest BCUT2D eigenvalue weighted by Gasteiger charge is 2.46. The molecule has 3 amide bonds. The molecule has 4 aliphatic rings. The Morgan fingerprint density at radius 1 is 1.00 bits per heavy atom. The lowest BCUT2D eigenvalue weighted by molar-refractivity contribution is -0.193. The first-order valence-corrected chi connectivity index (χ1v) is 12.5. The third kappa shape index (κ3) is 4.82. The maximum atomic E-state index is 13.7. The van der Waals surface area contributed by atoms with Gasteiger partial charge in [-0.3, -0.25) is 24.6 Å². The molecule has 5 rings (SSSR count). The van der Waals surface area contributed by atoms with Crippen molar-refractivity contribution in [2.45, 2.75) is 69.9 Å². The monoisotopic (exact) mass is 492 g/mol. The summed E-state index contributed by atoms with van der Waals surface area (Å²) in [5, 5.41) is 5.64. The number of halogens is 3. The maximum Gasteiger partial charge on any atom is 0.393 e. The topological polar surface area (TPSA) is 81.8 Å². The molecular weight excluding hydrogens is 461 g/mol. The predicted octanol–water partition coefficient (Wildman–Crippen LogP) is 2.59. The zero-order valence-corrected chi connectivity index (χ0v) is 19.6. The van der Waals surface area contributed by atoms with Gasteiger partial charge in [0.15, 0.2) is 0 Å². The smallest absolute Gasteiger partial charge is 0.322 e. The molecule has 3 saturated heterocycles. The van der Waals surface area contributed by atoms with Crippen LogP contribution in [0.2, 0.25) is 0 Å². The number of nitrogens with one attached hydrogen (secondary N) is 2. The first-order chi connectivity index (χ1) is 16.7. The minimum absolute atomic E-state index is 0.0352. The average molecular weight is 493 g/mol. The van der Waals surface area contributed by atoms with E-state index in [1.54, 1.807) is 12.1 Å². The molecule has 1 aromatic rings. The summed E-state index contributed by atoms with van der Waals surface area (Å²) in [5.41, 5.74) is 2.11. The number of nitrogens with zero attached hydrogens (tertiary/aromatic N) is 2. The van der Waals surface area contributed by atoms with Gasteiger partial charge in [0.25, 0.3) is 5.91 Å². The Hall–Kier alpha value is -2.46. The number of hydrogen-bond donors (Lipinski definition) is 2. The van der Waals surface area contributed by atoms with Crippen molar-refractivity contribution < 1.29 is 27.6 Å². The van der Waals surface area contributed by atoms with Crippen LogP contribution in [0.25, 0.3) is 0 Å². The van der Waals surface area contributed by atoms with Gasteiger partial charge < -0.3 is 10.2 Å². The maximum absolute atomic E-state index is 13.7. The molecule has 3 atom stereocenters. The molecule has 0 aliphatic carbocycles. The van der Waals surface area contributed by atoms with Crippen LogP contribution in [0.4, 0.5) is 13.2 Å². The molecule has 190 valence electrons. The molecule has 4 heterocycles. The fourth-order valence-electron chi connectivity index (χ4n) is 6.29. The van der Waals surface area contributed by atoms with Crippen LogP contribution in [0.5, 0.6) is 0 Å². The molecule has 3 fully saturated rings. The number of rotatable bonds is 4. The van der Waals surface area contributed by atoms with Gasteiger partial charge in [0.2, 0.25) is 11.8 Å². The van der Waals surface area contributed by atoms with E-state index in [9.17, 15) is 27.6 Å². The van der Waals surface area contributed by atoms with Crippen molar-refractivity contribution in [3.8, 4) is 0 Å². The van der Waals surface area contributed by atoms with Gasteiger partial charge in [-0.05, 0) is 68.3 Å². The van der Waals surface area contributed by atoms with E-state index < -0.39 is 24.0 Å². The van der Waals surface area contributed by atoms with Gasteiger partial charge in [0.05, 0.1) is 5.92 Å². The molecule has 0 radical (unpaired) electrons. The Morgan fingerprint density at radius 3 is 2.49 bits per heavy atom. The summed E-state index contributed by atoms with van der Waals surface area (Å²) in [6, 6.07) is 4.73. The zero-order valence-electron chi connectivity index (χ0n) is 19.6. The van der Waals surface area contributed by atoms with Crippen LogP contribution in [0, 0.1) is 11.8 Å². The van der Waals surface area contributed by atoms with Crippen molar-refractivity contribution in [3.05, 3.63) is 34.9 Å². The van der Waals surface area contributed by atoms with Crippen LogP contribution < -0.4 is 10.6 Å². The van der Waals surface area contributed by atoms with Crippen LogP contribution in [0.3, 0.4) is 0 Å². The number of piperidine rings is 3. The zero-order chi connectivity index (χ0) is 24.7. The predicted molar refractivity (Wildman–Crippen MR) is 121 cm³/mol. The van der Waals surface area contributed by atoms with E-state index in [0.29, 0.717) is 24.4 Å². The minimum Gasteiger partial charge on any atom is -0.322 e. The van der Waals surface area contributed by atoms with E-state index in [2.05, 4.69) is 10.6 Å². The van der Waals surface area contributed by atoms with E-state index in [1.807, 2.05) is 11.0 Å². The van der Waals surface area contributed by atoms with E-state index in [4.69, 9.17) is 0 Å². The number of carbonyl (C=O) groups is 3. The number of amides is 3. The Labute approximate surface area is 202 Å². The second-order valence-electron chi connectivity index (χ2n) is 10.2. The van der Waals surface area contributed by atoms with E-state index >= 15 is 0 Å². The Bertz CT molecular complexity index is 1010. The molecule has 10 heteroatoms. The van der Waals surface area contributed by atoms with Crippen LogP contribution >= 0.6 is 0 Å². The SMILES string of the molecule is O=C1CCC(N2Cc3c(CN4CC(C(F)(F)F)CCC4C4CCNCC4)cccc3C2=O)C(=O)N1. The third-order valence-corrected chi connectivity index (χ3v) is 8.18. The van der Waals surface area contributed by atoms with Gasteiger partial charge >= 0.3 is 6.18 Å². The summed E-state index contributed by atoms with van der Waals surface area (Å²) >= 11 is 0. The van der Waals surface area contributed by atoms with Gasteiger partial charge in [-0.25, -0.2) is 0 Å². The molecule has 0 saturated carbocycles. The van der Waals surface area contributed by atoms with Gasteiger partial charge in [-0.2, -0.15) is 13.2 Å². The number of likely N-dealkylation sites (tertiary alicyclic amines) is 1. The first kappa shape index (κ1) is 24.2. The third-order valence-electron chi connectivity index (χ3n) is 8.18. The summed E-state index contributed by atoms with van der Waals surface area (Å²) in [6.07, 6.45) is -1.20. The van der Waals surface area contributed by atoms with Crippen molar-refractivity contribution in [1.82, 2.24) is 20.4 Å². The van der Waals surface area contributed by atoms with E-state index in [0.717, 1.165) is 37.1 Å². The van der Waals surface area contributed by atoms with Crippen LogP contribution in [0.1, 0.15) is 60.0 Å². The quantitative estimate of drug-likeness (QED) is 0.632. The highest BCUT2D eigenvalue weighted by Crippen LogP contribution is 2.40. The molecule has 35 heavy (non-hydrogen) atoms. The second kappa shape index (κ2) is 9.54. The Kier molecular flexibility index (Phi) is 6.61. The second-order valence-corrected chi connectivity index (χ2v) is 10.2. The van der Waals surface area contributed by atoms with Gasteiger partial charge in [-0.1, -0.05) is 12.1 Å². The van der Waals surface area contributed by atoms with Crippen LogP contribution in [-0.2, 0) is 22.7 Å². The molecule has 0 spiro atoms. The summed E-state index contributed by atoms with van der Waals surface area (Å²) in [7, 11) is 0. The molecule has 0 bridgehead atoms. The number of benzene rings is 1. The van der Waals surface area contributed by atoms with Crippen molar-refractivity contribution >= 4 is 17.7 Å². The van der Waals surface area contributed by atoms with Crippen molar-refractivity contribution in [2.24, 2.45) is 11.8 Å². The van der Waals surface area contributed by atoms with Crippen molar-refractivity contribution in [1.29, 1.82) is 0 Å². The molecule has 1 aromatic carbocycles. The average Bonchev–Trinajstić information content (AvgIpc) is 3.16. The lowest BCUT2D eigenvalue weighted by Crippen LogP contribution is -2.52. The Morgan fingerprint density at radius 2 is 1.77 bits per heavy atom. The largest absolute Gasteiger partial charge is 0.393 e. The number of carbonyl (C=O) groups excluding carboxylic acids is 3. The Balaban J connectivity index is 1.39. The fourth-order valence-corrected chi connectivity index (χ4v) is 6.29. The molecular formula is C25H31F3N4O3. The summed E-state index contributed by atoms with van der Waals surface area (Å²) in [5.74, 6) is -2.08. The summed E-state index contributed by atoms with van der Waals surface area (Å²) < 4.78 is 41.0. The van der Waals surface area contributed by atoms with E-state index in [-0.39, 0.29) is 50.2 Å². The molecule has 7 nitrogen and oxygen atoms in total. The summed E-state index contributed by atoms with van der Waals surface area (Å²) in [4.78, 5) is 40.6. The highest BCUT2D eigenvalue weighted by atomic mass is 19.4. The molecule has 2 N–H and O–H groups in total. The standard InChI is InChI=1S/C25H31F3N4O3/c26-25(27,28)17-4-5-20(15-8-10-29-11-9-15)31(13-17)12-16-2-1-3-18-19(16)14-32(24(18)35)21-6-7-22(33)30-23(21)34/h1-3,15,17,20-21,29H,4-14H2,(H,30,33,34). The van der Waals surface area contributed by atoms with Gasteiger partial charge in [0, 0.05) is 37.7 Å². The fraction of sp³-hybridized carbons (Fsp3) is 0.640. The highest BCUT2D eigenvalue weighted by molar-refractivity contribution is 6.05. The van der Waals surface area contributed by atoms with Crippen LogP contribution in [0.15, 0.2) is 18.2 Å². The number of hydrogen-bond acceptors (Lipinski definition) is 5. The van der Waals surface area contributed by atoms with Crippen LogP contribution in [-0.4, -0.2) is 65.4 Å². The number of imide groups is 1. The van der Waals surface area contributed by atoms with Crippen molar-refractivity contribution in [2.75, 3.05) is 19.6 Å². The number of fused-ring (bicyclic) bond motifs is 1. The van der Waals surface area contributed by atoms with Gasteiger partial charge in [-0.15, -0.1) is 0 Å². The molecule has 4 aliphatic heterocycles. The van der Waals surface area contributed by atoms with E-state index in [1.165, 1.54) is 4.90 Å². The number of alkyl halides is 3. The molecule has 3 unspecified atom stereocenters. The first-order valence-electron chi connectivity index (χ1n) is 12.5. The normalized spacial score (nSPS) is 28.8. The lowest BCUT2D eigenvalue weighted by Gasteiger charge is -2.45. The molecule has 0 aromatic heterocycles. The van der Waals surface area contributed by atoms with Crippen molar-refractivity contribution in [3.63, 3.8) is 0 Å². The minimum atomic E-state index is -4.23. The van der Waals surface area contributed by atoms with Gasteiger partial charge in [0.1, 0.15) is 6.04 Å². The summed E-state index contributed by atoms with van der Waals surface area (Å²) in [6.45, 7) is 2.31.